The first-order valence-corrected chi connectivity index (χ1v) is 14.5. The Kier molecular flexibility index (Phi) is 7.13. The van der Waals surface area contributed by atoms with Gasteiger partial charge in [0.15, 0.2) is 0 Å². The molecule has 220 valence electrons. The van der Waals surface area contributed by atoms with Gasteiger partial charge in [-0.05, 0) is 30.7 Å². The fourth-order valence-electron chi connectivity index (χ4n) is 5.37. The Morgan fingerprint density at radius 1 is 1.02 bits per heavy atom. The highest BCUT2D eigenvalue weighted by molar-refractivity contribution is 8.00. The third kappa shape index (κ3) is 5.10. The van der Waals surface area contributed by atoms with Crippen LogP contribution in [-0.4, -0.2) is 27.0 Å². The molecule has 1 fully saturated rings. The van der Waals surface area contributed by atoms with Gasteiger partial charge in [0.25, 0.3) is 5.69 Å². The number of aromatic nitrogens is 1. The zero-order chi connectivity index (χ0) is 30.6. The van der Waals surface area contributed by atoms with E-state index in [4.69, 9.17) is 4.74 Å². The molecular weight excluding hydrogens is 607 g/mol. The lowest BCUT2D eigenvalue weighted by molar-refractivity contribution is -0.385. The minimum atomic E-state index is -4.85. The van der Waals surface area contributed by atoms with Crippen LogP contribution in [0.4, 0.5) is 24.5 Å². The van der Waals surface area contributed by atoms with Crippen molar-refractivity contribution in [2.75, 3.05) is 4.90 Å². The second-order valence-corrected chi connectivity index (χ2v) is 12.2. The maximum atomic E-state index is 14.0. The van der Waals surface area contributed by atoms with E-state index in [-0.39, 0.29) is 28.6 Å². The number of nitro groups is 1. The molecule has 43 heavy (non-hydrogen) atoms. The number of aromatic amines is 1. The van der Waals surface area contributed by atoms with Crippen molar-refractivity contribution in [2.24, 2.45) is 5.92 Å². The minimum Gasteiger partial charge on any atom is -0.489 e. The number of nitro benzene ring substituents is 1. The average Bonchev–Trinajstić information content (AvgIpc) is 3.46. The van der Waals surface area contributed by atoms with Gasteiger partial charge in [-0.3, -0.25) is 24.5 Å². The second kappa shape index (κ2) is 10.7. The van der Waals surface area contributed by atoms with Crippen LogP contribution in [0.15, 0.2) is 76.6 Å². The Labute approximate surface area is 249 Å². The lowest BCUT2D eigenvalue weighted by Crippen LogP contribution is -2.33. The van der Waals surface area contributed by atoms with Gasteiger partial charge in [0, 0.05) is 28.5 Å². The maximum Gasteiger partial charge on any atom is 0.418 e. The maximum absolute atomic E-state index is 14.0. The van der Waals surface area contributed by atoms with Crippen LogP contribution < -0.4 is 14.5 Å². The molecule has 4 aromatic rings. The summed E-state index contributed by atoms with van der Waals surface area (Å²) < 4.78 is 47.9. The molecule has 14 heteroatoms. The van der Waals surface area contributed by atoms with Crippen molar-refractivity contribution in [3.8, 4) is 5.75 Å². The van der Waals surface area contributed by atoms with Gasteiger partial charge in [-0.15, -0.1) is 0 Å². The Bertz CT molecular complexity index is 1840. The summed E-state index contributed by atoms with van der Waals surface area (Å²) in [4.78, 5) is 54.4. The van der Waals surface area contributed by atoms with Crippen LogP contribution in [0, 0.1) is 23.0 Å². The first-order chi connectivity index (χ1) is 20.4. The monoisotopic (exact) mass is 627 g/mol. The summed E-state index contributed by atoms with van der Waals surface area (Å²) in [5.74, 6) is -4.00. The van der Waals surface area contributed by atoms with Crippen molar-refractivity contribution in [1.82, 2.24) is 4.98 Å². The molecule has 9 nitrogen and oxygen atoms in total. The number of nitrogens with one attached hydrogen (secondary N) is 1. The quantitative estimate of drug-likeness (QED) is 0.157. The Morgan fingerprint density at radius 2 is 1.74 bits per heavy atom. The van der Waals surface area contributed by atoms with Gasteiger partial charge in [-0.2, -0.15) is 13.2 Å². The third-order valence-electron chi connectivity index (χ3n) is 7.33. The van der Waals surface area contributed by atoms with Gasteiger partial charge in [0.2, 0.25) is 11.8 Å². The number of imide groups is 1. The topological polar surface area (TPSA) is 123 Å². The largest absolute Gasteiger partial charge is 0.489 e. The Morgan fingerprint density at radius 3 is 2.44 bits per heavy atom. The number of thiazole rings is 1. The summed E-state index contributed by atoms with van der Waals surface area (Å²) in [6, 6.07) is 15.6. The molecule has 0 saturated carbocycles. The number of para-hydroxylation sites is 1. The molecule has 3 heterocycles. The third-order valence-corrected chi connectivity index (χ3v) is 9.73. The lowest BCUT2D eigenvalue weighted by atomic mass is 9.82. The molecule has 1 aromatic heterocycles. The summed E-state index contributed by atoms with van der Waals surface area (Å²) in [6.45, 7) is 1.99. The molecule has 3 aromatic carbocycles. The number of hydrogen-bond donors (Lipinski definition) is 1. The summed E-state index contributed by atoms with van der Waals surface area (Å²) in [5, 5.41) is 10.9. The van der Waals surface area contributed by atoms with Gasteiger partial charge in [0.05, 0.1) is 27.1 Å². The molecule has 0 unspecified atom stereocenters. The molecule has 0 radical (unpaired) electrons. The number of ether oxygens (including phenoxy) is 1. The highest BCUT2D eigenvalue weighted by atomic mass is 32.2. The van der Waals surface area contributed by atoms with Crippen molar-refractivity contribution in [2.45, 2.75) is 35.9 Å². The highest BCUT2D eigenvalue weighted by Crippen LogP contribution is 2.55. The summed E-state index contributed by atoms with van der Waals surface area (Å²) in [5.41, 5.74) is -0.0984. The summed E-state index contributed by atoms with van der Waals surface area (Å²) in [7, 11) is 0. The van der Waals surface area contributed by atoms with Crippen molar-refractivity contribution in [3.05, 3.63) is 114 Å². The molecule has 2 aliphatic heterocycles. The number of hydrogen-bond acceptors (Lipinski definition) is 8. The van der Waals surface area contributed by atoms with Gasteiger partial charge >= 0.3 is 11.0 Å². The minimum absolute atomic E-state index is 0.0643. The van der Waals surface area contributed by atoms with Gasteiger partial charge < -0.3 is 9.72 Å². The van der Waals surface area contributed by atoms with E-state index < -0.39 is 56.1 Å². The van der Waals surface area contributed by atoms with Crippen LogP contribution in [0.3, 0.4) is 0 Å². The number of anilines is 1. The number of rotatable bonds is 6. The molecule has 6 rings (SSSR count). The van der Waals surface area contributed by atoms with Crippen molar-refractivity contribution in [1.29, 1.82) is 0 Å². The normalized spacial score (nSPS) is 19.7. The van der Waals surface area contributed by atoms with E-state index in [1.165, 1.54) is 24.3 Å². The van der Waals surface area contributed by atoms with Crippen molar-refractivity contribution >= 4 is 46.3 Å². The van der Waals surface area contributed by atoms with Crippen LogP contribution in [-0.2, 0) is 22.4 Å². The van der Waals surface area contributed by atoms with E-state index in [1.807, 2.05) is 31.2 Å². The highest BCUT2D eigenvalue weighted by Gasteiger charge is 2.58. The van der Waals surface area contributed by atoms with Gasteiger partial charge in [-0.25, -0.2) is 4.90 Å². The first-order valence-electron chi connectivity index (χ1n) is 12.8. The molecule has 1 N–H and O–H groups in total. The number of carbonyl (C=O) groups is 2. The second-order valence-electron chi connectivity index (χ2n) is 10.0. The van der Waals surface area contributed by atoms with Crippen LogP contribution in [0.1, 0.15) is 33.0 Å². The number of halogens is 3. The number of alkyl halides is 3. The van der Waals surface area contributed by atoms with E-state index in [9.17, 15) is 37.7 Å². The zero-order valence-corrected chi connectivity index (χ0v) is 23.7. The van der Waals surface area contributed by atoms with Crippen LogP contribution in [0.5, 0.6) is 5.75 Å². The Balaban J connectivity index is 1.49. The fraction of sp³-hybridized carbons (Fsp3) is 0.207. The molecule has 3 atom stereocenters. The smallest absolute Gasteiger partial charge is 0.418 e. The van der Waals surface area contributed by atoms with E-state index >= 15 is 0 Å². The van der Waals surface area contributed by atoms with Gasteiger partial charge in [-0.1, -0.05) is 65.1 Å². The number of H-pyrrole nitrogens is 1. The predicted molar refractivity (Wildman–Crippen MR) is 152 cm³/mol. The molecule has 0 aliphatic carbocycles. The number of non-ortho nitro benzene ring substituents is 1. The first kappa shape index (κ1) is 28.7. The van der Waals surface area contributed by atoms with Crippen LogP contribution in [0.25, 0.3) is 0 Å². The molecule has 2 amide bonds. The fourth-order valence-corrected chi connectivity index (χ4v) is 7.87. The Hall–Kier alpha value is -4.43. The number of benzene rings is 3. The van der Waals surface area contributed by atoms with Crippen LogP contribution >= 0.6 is 23.1 Å². The van der Waals surface area contributed by atoms with Crippen LogP contribution in [0.2, 0.25) is 0 Å². The molecular formula is C29H20F3N3O6S2. The van der Waals surface area contributed by atoms with E-state index in [0.717, 1.165) is 52.4 Å². The van der Waals surface area contributed by atoms with E-state index in [0.29, 0.717) is 9.78 Å². The number of fused-ring (bicyclic) bond motifs is 2. The zero-order valence-electron chi connectivity index (χ0n) is 22.1. The van der Waals surface area contributed by atoms with Crippen molar-refractivity contribution in [3.63, 3.8) is 0 Å². The van der Waals surface area contributed by atoms with Crippen molar-refractivity contribution < 1.29 is 32.4 Å². The average molecular weight is 628 g/mol. The number of nitrogens with zero attached hydrogens (tertiary/aromatic N) is 2. The molecule has 2 aliphatic rings. The standard InChI is InChI=1S/C29H20F3N3O6S2/c1-14-6-8-15(9-7-14)13-41-20-11-10-16(35(39)40)12-17(20)21-22-24(42-25-23(21)43-28(38)33-25)27(37)34(26(22)36)19-5-3-2-4-18(19)29(30,31)32/h2-12,21-22,24H,13H2,1H3,(H,33,38)/t21-,22-,24+/m0/s1. The van der Waals surface area contributed by atoms with E-state index in [2.05, 4.69) is 4.98 Å². The molecule has 0 spiro atoms. The molecule has 0 bridgehead atoms. The lowest BCUT2D eigenvalue weighted by Gasteiger charge is -2.30. The number of carbonyl (C=O) groups excluding carboxylic acids is 2. The number of thioether (sulfide) groups is 1. The summed E-state index contributed by atoms with van der Waals surface area (Å²) >= 11 is 1.65. The van der Waals surface area contributed by atoms with Gasteiger partial charge in [0.1, 0.15) is 17.6 Å². The SMILES string of the molecule is Cc1ccc(COc2ccc([N+](=O)[O-])cc2[C@@H]2c3sc(=O)[nH]c3S[C@H]3C(=O)N(c4ccccc4C(F)(F)F)C(=O)[C@@H]23)cc1. The predicted octanol–water partition coefficient (Wildman–Crippen LogP) is 6.05. The molecule has 1 saturated heterocycles. The number of amides is 2. The van der Waals surface area contributed by atoms with E-state index in [1.54, 1.807) is 0 Å². The summed E-state index contributed by atoms with van der Waals surface area (Å²) in [6.07, 6.45) is -4.85. The number of aryl methyl sites for hydroxylation is 1.